The first kappa shape index (κ1) is 23.5. The van der Waals surface area contributed by atoms with Crippen LogP contribution in [0, 0.1) is 17.7 Å². The van der Waals surface area contributed by atoms with E-state index in [1.54, 1.807) is 12.1 Å². The molecule has 0 aliphatic heterocycles. The minimum absolute atomic E-state index is 0.0574. The Labute approximate surface area is 176 Å². The van der Waals surface area contributed by atoms with Crippen LogP contribution >= 0.6 is 0 Å². The topological polar surface area (TPSA) is 90.7 Å². The summed E-state index contributed by atoms with van der Waals surface area (Å²) < 4.78 is 13.4. The van der Waals surface area contributed by atoms with Crippen molar-refractivity contribution in [3.05, 3.63) is 53.1 Å². The van der Waals surface area contributed by atoms with E-state index in [-0.39, 0.29) is 24.1 Å². The molecular formula is C24H28FNO4. The fraction of sp³-hybridized carbons (Fsp3) is 0.417. The lowest BCUT2D eigenvalue weighted by molar-refractivity contribution is -0.139. The molecular weight excluding hydrogens is 385 g/mol. The first-order chi connectivity index (χ1) is 14.1. The van der Waals surface area contributed by atoms with Crippen LogP contribution in [0.1, 0.15) is 69.3 Å². The summed E-state index contributed by atoms with van der Waals surface area (Å²) in [5.74, 6) is 4.45. The molecule has 0 radical (unpaired) electrons. The van der Waals surface area contributed by atoms with Gasteiger partial charge in [-0.3, -0.25) is 9.78 Å². The van der Waals surface area contributed by atoms with Crippen molar-refractivity contribution in [2.24, 2.45) is 0 Å². The van der Waals surface area contributed by atoms with Crippen molar-refractivity contribution in [2.75, 3.05) is 0 Å². The number of aromatic nitrogens is 1. The van der Waals surface area contributed by atoms with Gasteiger partial charge in [0.15, 0.2) is 0 Å². The molecule has 2 rings (SSSR count). The van der Waals surface area contributed by atoms with E-state index in [2.05, 4.69) is 11.8 Å². The maximum atomic E-state index is 13.4. The maximum absolute atomic E-state index is 13.4. The van der Waals surface area contributed by atoms with Gasteiger partial charge < -0.3 is 15.3 Å². The minimum Gasteiger partial charge on any atom is -0.481 e. The Morgan fingerprint density at radius 1 is 1.10 bits per heavy atom. The van der Waals surface area contributed by atoms with Gasteiger partial charge in [0, 0.05) is 17.7 Å². The lowest BCUT2D eigenvalue weighted by Gasteiger charge is -2.17. The van der Waals surface area contributed by atoms with Crippen LogP contribution in [0.25, 0.3) is 11.1 Å². The van der Waals surface area contributed by atoms with E-state index in [4.69, 9.17) is 10.1 Å². The van der Waals surface area contributed by atoms with Crippen LogP contribution < -0.4 is 0 Å². The molecule has 2 aromatic rings. The highest BCUT2D eigenvalue weighted by molar-refractivity contribution is 5.73. The normalized spacial score (nSPS) is 13.1. The maximum Gasteiger partial charge on any atom is 0.305 e. The molecule has 160 valence electrons. The van der Waals surface area contributed by atoms with Crippen molar-refractivity contribution in [3.8, 4) is 23.0 Å². The van der Waals surface area contributed by atoms with Crippen molar-refractivity contribution < 1.29 is 24.5 Å². The molecule has 0 unspecified atom stereocenters. The van der Waals surface area contributed by atoms with Crippen molar-refractivity contribution in [1.29, 1.82) is 0 Å². The number of carboxylic acid groups (broad SMARTS) is 1. The standard InChI is InChI=1S/C24H28FNO4/c1-14(2)22-13-21(16-5-7-17(25)8-6-16)20(24(26-22)15(3)4)10-9-18(27)11-19(28)12-23(29)30/h5-8,13-15,18-19,27-28H,11-12H2,1-4H3,(H,29,30)/t18-,19-/m1/s1. The molecule has 30 heavy (non-hydrogen) atoms. The van der Waals surface area contributed by atoms with Crippen LogP contribution in [-0.4, -0.2) is 38.5 Å². The van der Waals surface area contributed by atoms with Crippen LogP contribution in [0.15, 0.2) is 30.3 Å². The summed E-state index contributed by atoms with van der Waals surface area (Å²) in [6.07, 6.45) is -3.00. The number of aliphatic hydroxyl groups excluding tert-OH is 2. The monoisotopic (exact) mass is 413 g/mol. The molecule has 3 N–H and O–H groups in total. The summed E-state index contributed by atoms with van der Waals surface area (Å²) in [4.78, 5) is 15.5. The molecule has 1 aromatic carbocycles. The summed E-state index contributed by atoms with van der Waals surface area (Å²) in [5, 5.41) is 28.6. The average molecular weight is 413 g/mol. The highest BCUT2D eigenvalue weighted by Gasteiger charge is 2.18. The molecule has 0 aliphatic carbocycles. The van der Waals surface area contributed by atoms with Crippen LogP contribution in [0.2, 0.25) is 0 Å². The largest absolute Gasteiger partial charge is 0.481 e. The molecule has 2 atom stereocenters. The van der Waals surface area contributed by atoms with E-state index in [9.17, 15) is 19.4 Å². The number of carboxylic acids is 1. The Balaban J connectivity index is 2.54. The number of halogens is 1. The van der Waals surface area contributed by atoms with Crippen LogP contribution in [0.5, 0.6) is 0 Å². The predicted molar refractivity (Wildman–Crippen MR) is 114 cm³/mol. The van der Waals surface area contributed by atoms with Gasteiger partial charge in [-0.1, -0.05) is 51.7 Å². The number of carbonyl (C=O) groups is 1. The van der Waals surface area contributed by atoms with Crippen LogP contribution in [0.3, 0.4) is 0 Å². The van der Waals surface area contributed by atoms with Gasteiger partial charge in [0.25, 0.3) is 0 Å². The Morgan fingerprint density at radius 3 is 2.27 bits per heavy atom. The third kappa shape index (κ3) is 6.38. The number of hydrogen-bond acceptors (Lipinski definition) is 4. The molecule has 0 fully saturated rings. The van der Waals surface area contributed by atoms with Crippen molar-refractivity contribution in [2.45, 2.75) is 64.6 Å². The Bertz CT molecular complexity index is 942. The molecule has 1 heterocycles. The molecule has 1 aromatic heterocycles. The van der Waals surface area contributed by atoms with Crippen LogP contribution in [0.4, 0.5) is 4.39 Å². The van der Waals surface area contributed by atoms with E-state index >= 15 is 0 Å². The average Bonchev–Trinajstić information content (AvgIpc) is 2.65. The van der Waals surface area contributed by atoms with Crippen molar-refractivity contribution in [3.63, 3.8) is 0 Å². The zero-order valence-electron chi connectivity index (χ0n) is 17.7. The highest BCUT2D eigenvalue weighted by Crippen LogP contribution is 2.31. The van der Waals surface area contributed by atoms with Crippen molar-refractivity contribution >= 4 is 5.97 Å². The summed E-state index contributed by atoms with van der Waals surface area (Å²) in [6.45, 7) is 8.08. The van der Waals surface area contributed by atoms with Gasteiger partial charge in [-0.05, 0) is 35.6 Å². The fourth-order valence-corrected chi connectivity index (χ4v) is 3.04. The van der Waals surface area contributed by atoms with Gasteiger partial charge in [-0.25, -0.2) is 4.39 Å². The van der Waals surface area contributed by atoms with Gasteiger partial charge >= 0.3 is 5.97 Å². The lowest BCUT2D eigenvalue weighted by atomic mass is 9.92. The summed E-state index contributed by atoms with van der Waals surface area (Å²) in [7, 11) is 0. The Kier molecular flexibility index (Phi) is 8.10. The first-order valence-corrected chi connectivity index (χ1v) is 9.98. The highest BCUT2D eigenvalue weighted by atomic mass is 19.1. The molecule has 0 spiro atoms. The number of pyridine rings is 1. The molecule has 0 saturated heterocycles. The van der Waals surface area contributed by atoms with E-state index in [1.807, 2.05) is 33.8 Å². The minimum atomic E-state index is -1.19. The zero-order valence-corrected chi connectivity index (χ0v) is 17.7. The van der Waals surface area contributed by atoms with Gasteiger partial charge in [0.2, 0.25) is 0 Å². The van der Waals surface area contributed by atoms with Gasteiger partial charge in [0.1, 0.15) is 11.9 Å². The number of rotatable bonds is 7. The Hall–Kier alpha value is -2.75. The SMILES string of the molecule is CC(C)c1cc(-c2ccc(F)cc2)c(C#C[C@@H](O)C[C@@H](O)CC(=O)O)c(C(C)C)n1. The number of benzene rings is 1. The number of hydrogen-bond donors (Lipinski definition) is 3. The summed E-state index contributed by atoms with van der Waals surface area (Å²) in [6, 6.07) is 8.05. The molecule has 5 nitrogen and oxygen atoms in total. The van der Waals surface area contributed by atoms with Gasteiger partial charge in [-0.15, -0.1) is 0 Å². The zero-order chi connectivity index (χ0) is 22.4. The molecule has 6 heteroatoms. The Morgan fingerprint density at radius 2 is 1.73 bits per heavy atom. The number of aliphatic carboxylic acids is 1. The first-order valence-electron chi connectivity index (χ1n) is 9.98. The fourth-order valence-electron chi connectivity index (χ4n) is 3.04. The van der Waals surface area contributed by atoms with E-state index in [0.717, 1.165) is 22.5 Å². The van der Waals surface area contributed by atoms with Crippen molar-refractivity contribution in [1.82, 2.24) is 4.98 Å². The number of nitrogens with zero attached hydrogens (tertiary/aromatic N) is 1. The molecule has 0 bridgehead atoms. The third-order valence-corrected chi connectivity index (χ3v) is 4.63. The lowest BCUT2D eigenvalue weighted by Crippen LogP contribution is -2.19. The molecule has 0 aliphatic rings. The van der Waals surface area contributed by atoms with Crippen LogP contribution in [-0.2, 0) is 4.79 Å². The summed E-state index contributed by atoms with van der Waals surface area (Å²) in [5.41, 5.74) is 3.87. The van der Waals surface area contributed by atoms with Gasteiger partial charge in [0.05, 0.1) is 23.8 Å². The quantitative estimate of drug-likeness (QED) is 0.595. The predicted octanol–water partition coefficient (Wildman–Crippen LogP) is 4.07. The third-order valence-electron chi connectivity index (χ3n) is 4.63. The number of aliphatic hydroxyl groups is 2. The summed E-state index contributed by atoms with van der Waals surface area (Å²) >= 11 is 0. The van der Waals surface area contributed by atoms with E-state index in [1.165, 1.54) is 12.1 Å². The second kappa shape index (κ2) is 10.3. The smallest absolute Gasteiger partial charge is 0.305 e. The van der Waals surface area contributed by atoms with E-state index < -0.39 is 24.6 Å². The second-order valence-electron chi connectivity index (χ2n) is 7.94. The van der Waals surface area contributed by atoms with Gasteiger partial charge in [-0.2, -0.15) is 0 Å². The molecule has 0 saturated carbocycles. The second-order valence-corrected chi connectivity index (χ2v) is 7.94. The van der Waals surface area contributed by atoms with E-state index in [0.29, 0.717) is 5.56 Å². The molecule has 0 amide bonds.